The van der Waals surface area contributed by atoms with Crippen LogP contribution in [0.25, 0.3) is 0 Å². The van der Waals surface area contributed by atoms with Crippen LogP contribution in [0.15, 0.2) is 6.07 Å². The van der Waals surface area contributed by atoms with E-state index in [1.54, 1.807) is 13.8 Å². The van der Waals surface area contributed by atoms with Crippen molar-refractivity contribution < 1.29 is 24.3 Å². The highest BCUT2D eigenvalue weighted by Gasteiger charge is 2.25. The number of hydrogen-bond acceptors (Lipinski definition) is 7. The normalized spacial score (nSPS) is 11.5. The summed E-state index contributed by atoms with van der Waals surface area (Å²) in [7, 11) is 0. The number of carbonyl (C=O) groups excluding carboxylic acids is 1. The second kappa shape index (κ2) is 7.17. The fourth-order valence-corrected chi connectivity index (χ4v) is 1.67. The van der Waals surface area contributed by atoms with Crippen molar-refractivity contribution in [1.29, 1.82) is 0 Å². The molecule has 8 heteroatoms. The van der Waals surface area contributed by atoms with Crippen LogP contribution in [0.5, 0.6) is 11.6 Å². The van der Waals surface area contributed by atoms with E-state index in [0.717, 1.165) is 6.07 Å². The van der Waals surface area contributed by atoms with Gasteiger partial charge in [0.25, 0.3) is 0 Å². The topological polar surface area (TPSA) is 112 Å². The van der Waals surface area contributed by atoms with Crippen molar-refractivity contribution in [2.75, 3.05) is 6.61 Å². The Morgan fingerprint density at radius 3 is 2.64 bits per heavy atom. The number of nitro groups is 1. The summed E-state index contributed by atoms with van der Waals surface area (Å²) < 4.78 is 11.0. The molecule has 1 heterocycles. The van der Waals surface area contributed by atoms with E-state index in [-0.39, 0.29) is 18.3 Å². The molecule has 0 fully saturated rings. The first-order valence-corrected chi connectivity index (χ1v) is 6.80. The quantitative estimate of drug-likeness (QED) is 0.446. The zero-order chi connectivity index (χ0) is 16.9. The Balaban J connectivity index is 2.94. The van der Waals surface area contributed by atoms with Crippen LogP contribution in [0.2, 0.25) is 0 Å². The molecule has 0 spiro atoms. The van der Waals surface area contributed by atoms with Crippen LogP contribution >= 0.6 is 0 Å². The molecule has 122 valence electrons. The second-order valence-corrected chi connectivity index (χ2v) is 5.62. The Morgan fingerprint density at radius 1 is 1.50 bits per heavy atom. The van der Waals surface area contributed by atoms with Gasteiger partial charge in [-0.05, 0) is 27.7 Å². The third-order valence-electron chi connectivity index (χ3n) is 2.82. The van der Waals surface area contributed by atoms with Gasteiger partial charge in [-0.15, -0.1) is 0 Å². The molecule has 1 aromatic heterocycles. The van der Waals surface area contributed by atoms with Crippen LogP contribution in [0.3, 0.4) is 0 Å². The molecule has 1 N–H and O–H groups in total. The molecule has 0 radical (unpaired) electrons. The number of nitrogens with zero attached hydrogens (tertiary/aromatic N) is 2. The average molecular weight is 312 g/mol. The van der Waals surface area contributed by atoms with Crippen molar-refractivity contribution in [2.24, 2.45) is 0 Å². The molecular weight excluding hydrogens is 292 g/mol. The van der Waals surface area contributed by atoms with Crippen molar-refractivity contribution in [2.45, 2.75) is 45.8 Å². The van der Waals surface area contributed by atoms with E-state index in [4.69, 9.17) is 9.47 Å². The van der Waals surface area contributed by atoms with Crippen LogP contribution in [0, 0.1) is 10.1 Å². The Morgan fingerprint density at radius 2 is 2.14 bits per heavy atom. The van der Waals surface area contributed by atoms with Crippen molar-refractivity contribution in [3.63, 3.8) is 0 Å². The monoisotopic (exact) mass is 312 g/mol. The number of pyridine rings is 1. The maximum atomic E-state index is 10.9. The van der Waals surface area contributed by atoms with Gasteiger partial charge in [0.05, 0.1) is 23.7 Å². The van der Waals surface area contributed by atoms with Crippen LogP contribution in [-0.2, 0) is 4.74 Å². The fraction of sp³-hybridized carbons (Fsp3) is 0.571. The summed E-state index contributed by atoms with van der Waals surface area (Å²) >= 11 is 0. The lowest BCUT2D eigenvalue weighted by molar-refractivity contribution is -0.386. The molecule has 1 aromatic rings. The van der Waals surface area contributed by atoms with E-state index in [9.17, 15) is 20.0 Å². The molecule has 0 aromatic carbocycles. The number of aldehydes is 1. The van der Waals surface area contributed by atoms with Gasteiger partial charge in [0.2, 0.25) is 11.6 Å². The van der Waals surface area contributed by atoms with E-state index in [2.05, 4.69) is 4.98 Å². The average Bonchev–Trinajstić information content (AvgIpc) is 2.39. The molecule has 0 bridgehead atoms. The van der Waals surface area contributed by atoms with Crippen LogP contribution in [0.1, 0.15) is 44.6 Å². The van der Waals surface area contributed by atoms with Crippen molar-refractivity contribution in [3.8, 4) is 11.6 Å². The number of aromatic nitrogens is 1. The number of ether oxygens (including phenoxy) is 2. The van der Waals surface area contributed by atoms with E-state index >= 15 is 0 Å². The lowest BCUT2D eigenvalue weighted by Crippen LogP contribution is -2.31. The molecule has 8 nitrogen and oxygen atoms in total. The standard InChI is InChI=1S/C14H20N2O6/c1-9(2)21-6-5-14(3,4)22-12-7-11(16(19)20)13(18)10(8-17)15-12/h7-9,18H,5-6H2,1-4H3. The van der Waals surface area contributed by atoms with Crippen LogP contribution in [0.4, 0.5) is 5.69 Å². The number of carbonyl (C=O) groups is 1. The highest BCUT2D eigenvalue weighted by Crippen LogP contribution is 2.32. The minimum Gasteiger partial charge on any atom is -0.501 e. The first-order valence-electron chi connectivity index (χ1n) is 6.80. The maximum Gasteiger partial charge on any atom is 0.318 e. The van der Waals surface area contributed by atoms with E-state index < -0.39 is 27.7 Å². The zero-order valence-corrected chi connectivity index (χ0v) is 13.0. The van der Waals surface area contributed by atoms with Gasteiger partial charge in [-0.2, -0.15) is 0 Å². The summed E-state index contributed by atoms with van der Waals surface area (Å²) in [6.45, 7) is 7.82. The van der Waals surface area contributed by atoms with Crippen LogP contribution in [-0.4, -0.2) is 39.6 Å². The van der Waals surface area contributed by atoms with Gasteiger partial charge in [0.1, 0.15) is 5.60 Å². The summed E-state index contributed by atoms with van der Waals surface area (Å²) in [4.78, 5) is 24.7. The molecule has 0 saturated heterocycles. The second-order valence-electron chi connectivity index (χ2n) is 5.62. The predicted octanol–water partition coefficient (Wildman–Crippen LogP) is 2.48. The minimum atomic E-state index is -0.800. The number of aromatic hydroxyl groups is 1. The Kier molecular flexibility index (Phi) is 5.81. The van der Waals surface area contributed by atoms with Crippen molar-refractivity contribution in [1.82, 2.24) is 4.98 Å². The highest BCUT2D eigenvalue weighted by molar-refractivity contribution is 5.79. The van der Waals surface area contributed by atoms with E-state index in [1.807, 2.05) is 13.8 Å². The van der Waals surface area contributed by atoms with Crippen LogP contribution < -0.4 is 4.74 Å². The van der Waals surface area contributed by atoms with Gasteiger partial charge in [-0.25, -0.2) is 4.98 Å². The molecule has 0 amide bonds. The molecular formula is C14H20N2O6. The molecule has 0 atom stereocenters. The summed E-state index contributed by atoms with van der Waals surface area (Å²) in [6.07, 6.45) is 0.854. The lowest BCUT2D eigenvalue weighted by atomic mass is 10.1. The summed E-state index contributed by atoms with van der Waals surface area (Å²) in [5.74, 6) is -0.866. The largest absolute Gasteiger partial charge is 0.501 e. The first kappa shape index (κ1) is 17.8. The molecule has 0 aliphatic carbocycles. The zero-order valence-electron chi connectivity index (χ0n) is 13.0. The summed E-state index contributed by atoms with van der Waals surface area (Å²) in [6, 6.07) is 0.993. The van der Waals surface area contributed by atoms with Gasteiger partial charge >= 0.3 is 5.69 Å². The van der Waals surface area contributed by atoms with Gasteiger partial charge < -0.3 is 14.6 Å². The summed E-state index contributed by atoms with van der Waals surface area (Å²) in [5, 5.41) is 20.5. The molecule has 0 saturated carbocycles. The van der Waals surface area contributed by atoms with Gasteiger partial charge in [-0.3, -0.25) is 14.9 Å². The maximum absolute atomic E-state index is 10.9. The van der Waals surface area contributed by atoms with E-state index in [0.29, 0.717) is 13.0 Å². The van der Waals surface area contributed by atoms with Gasteiger partial charge in [0, 0.05) is 6.42 Å². The molecule has 0 unspecified atom stereocenters. The Labute approximate surface area is 128 Å². The minimum absolute atomic E-state index is 0.0883. The number of hydrogen-bond donors (Lipinski definition) is 1. The molecule has 0 aliphatic rings. The van der Waals surface area contributed by atoms with Crippen molar-refractivity contribution >= 4 is 12.0 Å². The van der Waals surface area contributed by atoms with Crippen molar-refractivity contribution in [3.05, 3.63) is 21.9 Å². The molecule has 0 aliphatic heterocycles. The third-order valence-corrected chi connectivity index (χ3v) is 2.82. The summed E-state index contributed by atoms with van der Waals surface area (Å²) in [5.41, 5.74) is -1.76. The number of rotatable bonds is 8. The Bertz CT molecular complexity index is 557. The SMILES string of the molecule is CC(C)OCCC(C)(C)Oc1cc([N+](=O)[O-])c(O)c(C=O)n1. The van der Waals surface area contributed by atoms with Gasteiger partial charge in [0.15, 0.2) is 12.0 Å². The van der Waals surface area contributed by atoms with E-state index in [1.165, 1.54) is 0 Å². The fourth-order valence-electron chi connectivity index (χ4n) is 1.67. The first-order chi connectivity index (χ1) is 10.2. The smallest absolute Gasteiger partial charge is 0.318 e. The highest BCUT2D eigenvalue weighted by atomic mass is 16.6. The molecule has 1 rings (SSSR count). The predicted molar refractivity (Wildman–Crippen MR) is 78.4 cm³/mol. The molecule has 22 heavy (non-hydrogen) atoms. The van der Waals surface area contributed by atoms with Gasteiger partial charge in [-0.1, -0.05) is 0 Å². The lowest BCUT2D eigenvalue weighted by Gasteiger charge is -2.26. The Hall–Kier alpha value is -2.22. The third kappa shape index (κ3) is 4.96.